The number of anilines is 4. The van der Waals surface area contributed by atoms with Crippen LogP contribution in [0.2, 0.25) is 10.0 Å². The van der Waals surface area contributed by atoms with Gasteiger partial charge in [-0.1, -0.05) is 29.3 Å². The number of aromatic nitrogens is 3. The van der Waals surface area contributed by atoms with Crippen molar-refractivity contribution in [3.8, 4) is 11.3 Å². The summed E-state index contributed by atoms with van der Waals surface area (Å²) in [7, 11) is 0. The molecule has 3 aromatic rings. The zero-order valence-electron chi connectivity index (χ0n) is 21.1. The van der Waals surface area contributed by atoms with E-state index in [0.29, 0.717) is 15.2 Å². The van der Waals surface area contributed by atoms with Crippen molar-refractivity contribution < 1.29 is 0 Å². The molecule has 1 N–H and O–H groups in total. The summed E-state index contributed by atoms with van der Waals surface area (Å²) in [6, 6.07) is 7.71. The minimum absolute atomic E-state index is 0.517. The second kappa shape index (κ2) is 11.4. The quantitative estimate of drug-likeness (QED) is 0.382. The van der Waals surface area contributed by atoms with E-state index >= 15 is 0 Å². The summed E-state index contributed by atoms with van der Waals surface area (Å²) >= 11 is 19.5. The van der Waals surface area contributed by atoms with E-state index in [1.54, 1.807) is 6.07 Å². The van der Waals surface area contributed by atoms with Crippen LogP contribution in [0.5, 0.6) is 0 Å². The molecule has 0 unspecified atom stereocenters. The van der Waals surface area contributed by atoms with Crippen LogP contribution in [0.15, 0.2) is 29.6 Å². The lowest BCUT2D eigenvalue weighted by Gasteiger charge is -2.37. The van der Waals surface area contributed by atoms with Crippen molar-refractivity contribution in [2.45, 2.75) is 25.7 Å². The van der Waals surface area contributed by atoms with Crippen molar-refractivity contribution in [2.24, 2.45) is 0 Å². The molecule has 0 atom stereocenters. The Kier molecular flexibility index (Phi) is 7.74. The molecule has 3 fully saturated rings. The van der Waals surface area contributed by atoms with Crippen molar-refractivity contribution in [1.29, 1.82) is 0 Å². The summed E-state index contributed by atoms with van der Waals surface area (Å²) in [5.74, 6) is 2.96. The van der Waals surface area contributed by atoms with Crippen LogP contribution in [0.3, 0.4) is 0 Å². The fourth-order valence-electron chi connectivity index (χ4n) is 5.17. The smallest absolute Gasteiger partial charge is 0.229 e. The van der Waals surface area contributed by atoms with Gasteiger partial charge in [0.1, 0.15) is 11.6 Å². The molecule has 200 valence electrons. The molecule has 3 aliphatic rings. The first-order chi connectivity index (χ1) is 18.5. The SMILES string of the molecule is S=C(Nc1nc(-c2ccc(Cl)c(Cl)c2)cs1)N1CCN(c2cc(N3CCCC3)nc(N3CCCC3)n2)CC1. The molecule has 1 aromatic carbocycles. The fraction of sp³-hybridized carbons (Fsp3) is 0.462. The van der Waals surface area contributed by atoms with Crippen LogP contribution in [-0.4, -0.2) is 77.3 Å². The minimum Gasteiger partial charge on any atom is -0.356 e. The van der Waals surface area contributed by atoms with Crippen molar-refractivity contribution >= 4 is 74.6 Å². The average molecular weight is 590 g/mol. The van der Waals surface area contributed by atoms with Crippen LogP contribution in [0.1, 0.15) is 25.7 Å². The van der Waals surface area contributed by atoms with E-state index in [-0.39, 0.29) is 0 Å². The van der Waals surface area contributed by atoms with E-state index in [9.17, 15) is 0 Å². The molecule has 8 nitrogen and oxygen atoms in total. The van der Waals surface area contributed by atoms with E-state index < -0.39 is 0 Å². The summed E-state index contributed by atoms with van der Waals surface area (Å²) in [5, 5.41) is 7.82. The molecule has 2 aromatic heterocycles. The van der Waals surface area contributed by atoms with Gasteiger partial charge in [0.15, 0.2) is 10.2 Å². The molecular weight excluding hydrogens is 559 g/mol. The van der Waals surface area contributed by atoms with Gasteiger partial charge in [0, 0.05) is 69.4 Å². The number of piperazine rings is 1. The maximum atomic E-state index is 6.18. The number of nitrogens with one attached hydrogen (secondary N) is 1. The van der Waals surface area contributed by atoms with Gasteiger partial charge in [-0.15, -0.1) is 11.3 Å². The molecule has 5 heterocycles. The second-order valence-corrected chi connectivity index (χ2v) is 11.9. The first kappa shape index (κ1) is 25.9. The third kappa shape index (κ3) is 5.64. The molecule has 0 aliphatic carbocycles. The molecule has 0 bridgehead atoms. The highest BCUT2D eigenvalue weighted by atomic mass is 35.5. The van der Waals surface area contributed by atoms with Gasteiger partial charge in [-0.25, -0.2) is 4.98 Å². The zero-order valence-corrected chi connectivity index (χ0v) is 24.2. The Hall–Kier alpha value is -2.40. The first-order valence-corrected chi connectivity index (χ1v) is 15.2. The Labute approximate surface area is 242 Å². The van der Waals surface area contributed by atoms with E-state index in [1.165, 1.54) is 37.0 Å². The molecule has 0 amide bonds. The van der Waals surface area contributed by atoms with Gasteiger partial charge < -0.3 is 24.9 Å². The summed E-state index contributed by atoms with van der Waals surface area (Å²) < 4.78 is 0. The standard InChI is InChI=1S/C26H30Cl2N8S2/c27-19-6-5-18(15-20(19)28)21-17-38-25(29-21)32-26(37)36-13-11-34(12-14-36)23-16-22(33-7-1-2-8-33)30-24(31-23)35-9-3-4-10-35/h5-6,15-17H,1-4,7-14H2,(H,29,32,37). The zero-order chi connectivity index (χ0) is 26.1. The molecule has 6 rings (SSSR count). The molecule has 0 spiro atoms. The number of hydrogen-bond donors (Lipinski definition) is 1. The lowest BCUT2D eigenvalue weighted by atomic mass is 10.2. The molecule has 0 saturated carbocycles. The molecule has 0 radical (unpaired) electrons. The monoisotopic (exact) mass is 588 g/mol. The topological polar surface area (TPSA) is 63.7 Å². The molecule has 3 saturated heterocycles. The minimum atomic E-state index is 0.517. The third-order valence-electron chi connectivity index (χ3n) is 7.33. The van der Waals surface area contributed by atoms with Crippen molar-refractivity contribution in [3.05, 3.63) is 39.7 Å². The molecule has 12 heteroatoms. The Balaban J connectivity index is 1.10. The molecule has 38 heavy (non-hydrogen) atoms. The van der Waals surface area contributed by atoms with E-state index in [0.717, 1.165) is 86.3 Å². The largest absolute Gasteiger partial charge is 0.356 e. The van der Waals surface area contributed by atoms with Crippen LogP contribution >= 0.6 is 46.8 Å². The predicted octanol–water partition coefficient (Wildman–Crippen LogP) is 5.63. The van der Waals surface area contributed by atoms with Crippen molar-refractivity contribution in [3.63, 3.8) is 0 Å². The number of nitrogens with zero attached hydrogens (tertiary/aromatic N) is 7. The highest BCUT2D eigenvalue weighted by Crippen LogP contribution is 2.31. The Morgan fingerprint density at radius 3 is 2.05 bits per heavy atom. The Bertz CT molecular complexity index is 1260. The number of thiocarbonyl (C=S) groups is 1. The van der Waals surface area contributed by atoms with Crippen molar-refractivity contribution in [2.75, 3.05) is 72.4 Å². The number of hydrogen-bond acceptors (Lipinski definition) is 8. The summed E-state index contributed by atoms with van der Waals surface area (Å²) in [4.78, 5) is 24.0. The highest BCUT2D eigenvalue weighted by Gasteiger charge is 2.25. The summed E-state index contributed by atoms with van der Waals surface area (Å²) in [5.41, 5.74) is 1.77. The van der Waals surface area contributed by atoms with Gasteiger partial charge in [0.2, 0.25) is 5.95 Å². The number of thiazole rings is 1. The van der Waals surface area contributed by atoms with E-state index in [2.05, 4.69) is 31.0 Å². The van der Waals surface area contributed by atoms with Crippen LogP contribution < -0.4 is 20.0 Å². The number of rotatable bonds is 5. The van der Waals surface area contributed by atoms with Crippen LogP contribution in [0.4, 0.5) is 22.7 Å². The van der Waals surface area contributed by atoms with Gasteiger partial charge in [-0.2, -0.15) is 9.97 Å². The van der Waals surface area contributed by atoms with Gasteiger partial charge in [-0.05, 0) is 50.0 Å². The third-order valence-corrected chi connectivity index (χ3v) is 9.19. The number of benzene rings is 1. The summed E-state index contributed by atoms with van der Waals surface area (Å²) in [6.45, 7) is 7.58. The maximum Gasteiger partial charge on any atom is 0.229 e. The lowest BCUT2D eigenvalue weighted by Crippen LogP contribution is -2.50. The van der Waals surface area contributed by atoms with Gasteiger partial charge in [0.25, 0.3) is 0 Å². The predicted molar refractivity (Wildman–Crippen MR) is 163 cm³/mol. The maximum absolute atomic E-state index is 6.18. The fourth-order valence-corrected chi connectivity index (χ4v) is 6.53. The number of halogens is 2. The molecule has 3 aliphatic heterocycles. The summed E-state index contributed by atoms with van der Waals surface area (Å²) in [6.07, 6.45) is 4.89. The first-order valence-electron chi connectivity index (χ1n) is 13.1. The highest BCUT2D eigenvalue weighted by molar-refractivity contribution is 7.80. The average Bonchev–Trinajstić information content (AvgIpc) is 3.73. The van der Waals surface area contributed by atoms with Crippen LogP contribution in [0.25, 0.3) is 11.3 Å². The second-order valence-electron chi connectivity index (χ2n) is 9.84. The van der Waals surface area contributed by atoms with E-state index in [4.69, 9.17) is 50.4 Å². The van der Waals surface area contributed by atoms with Gasteiger partial charge >= 0.3 is 0 Å². The van der Waals surface area contributed by atoms with Gasteiger partial charge in [0.05, 0.1) is 15.7 Å². The van der Waals surface area contributed by atoms with Gasteiger partial charge in [-0.3, -0.25) is 0 Å². The van der Waals surface area contributed by atoms with Crippen LogP contribution in [0, 0.1) is 0 Å². The lowest BCUT2D eigenvalue weighted by molar-refractivity contribution is 0.389. The Morgan fingerprint density at radius 1 is 0.763 bits per heavy atom. The Morgan fingerprint density at radius 2 is 1.39 bits per heavy atom. The van der Waals surface area contributed by atoms with E-state index in [1.807, 2.05) is 17.5 Å². The van der Waals surface area contributed by atoms with Crippen LogP contribution in [-0.2, 0) is 0 Å². The molecular formula is C26H30Cl2N8S2. The van der Waals surface area contributed by atoms with Crippen molar-refractivity contribution in [1.82, 2.24) is 19.9 Å². The normalized spacial score (nSPS) is 17.9.